The van der Waals surface area contributed by atoms with E-state index in [1.165, 1.54) is 4.88 Å². The molecule has 1 saturated heterocycles. The number of ether oxygens (including phenoxy) is 1. The molecule has 3 aromatic heterocycles. The second-order valence-corrected chi connectivity index (χ2v) is 9.91. The van der Waals surface area contributed by atoms with Gasteiger partial charge in [-0.25, -0.2) is 4.98 Å². The van der Waals surface area contributed by atoms with E-state index in [4.69, 9.17) is 22.1 Å². The summed E-state index contributed by atoms with van der Waals surface area (Å²) in [4.78, 5) is 6.89. The number of aromatic nitrogens is 1. The first-order valence-corrected chi connectivity index (χ1v) is 11.3. The lowest BCUT2D eigenvalue weighted by Crippen LogP contribution is -2.37. The molecule has 3 atom stereocenters. The lowest BCUT2D eigenvalue weighted by molar-refractivity contribution is -0.0249. The zero-order valence-corrected chi connectivity index (χ0v) is 18.1. The fraction of sp³-hybridized carbons (Fsp3) is 0.389. The zero-order valence-electron chi connectivity index (χ0n) is 14.2. The number of pyridine rings is 1. The van der Waals surface area contributed by atoms with Crippen LogP contribution in [0, 0.1) is 5.92 Å². The highest BCUT2D eigenvalue weighted by molar-refractivity contribution is 9.10. The fourth-order valence-corrected chi connectivity index (χ4v) is 6.23. The first kappa shape index (κ1) is 18.7. The summed E-state index contributed by atoms with van der Waals surface area (Å²) in [5.74, 6) is 0.491. The molecule has 0 aromatic carbocycles. The van der Waals surface area contributed by atoms with Crippen molar-refractivity contribution in [2.45, 2.75) is 32.0 Å². The second-order valence-electron chi connectivity index (χ2n) is 6.64. The highest BCUT2D eigenvalue weighted by atomic mass is 79.9. The molecule has 0 aliphatic carbocycles. The molecule has 4 nitrogen and oxygen atoms in total. The molecule has 3 aromatic rings. The van der Waals surface area contributed by atoms with Crippen LogP contribution in [-0.2, 0) is 11.3 Å². The third-order valence-corrected chi connectivity index (χ3v) is 7.90. The van der Waals surface area contributed by atoms with E-state index in [1.807, 2.05) is 6.07 Å². The quantitative estimate of drug-likeness (QED) is 0.470. The van der Waals surface area contributed by atoms with Gasteiger partial charge in [-0.1, -0.05) is 24.6 Å². The van der Waals surface area contributed by atoms with Crippen LogP contribution in [0.15, 0.2) is 28.1 Å². The Bertz CT molecular complexity index is 915. The van der Waals surface area contributed by atoms with E-state index in [0.717, 1.165) is 44.8 Å². The highest BCUT2D eigenvalue weighted by Gasteiger charge is 2.32. The van der Waals surface area contributed by atoms with Gasteiger partial charge in [0.25, 0.3) is 0 Å². The van der Waals surface area contributed by atoms with E-state index < -0.39 is 0 Å². The van der Waals surface area contributed by atoms with Gasteiger partial charge in [0.15, 0.2) is 0 Å². The Morgan fingerprint density at radius 3 is 3.08 bits per heavy atom. The molecule has 0 unspecified atom stereocenters. The van der Waals surface area contributed by atoms with Crippen molar-refractivity contribution in [2.24, 2.45) is 11.7 Å². The molecule has 138 valence electrons. The number of nitrogens with two attached hydrogens (primary N) is 1. The van der Waals surface area contributed by atoms with Gasteiger partial charge >= 0.3 is 0 Å². The number of hydrogen-bond donors (Lipinski definition) is 2. The maximum atomic E-state index is 6.38. The van der Waals surface area contributed by atoms with E-state index in [1.54, 1.807) is 22.7 Å². The van der Waals surface area contributed by atoms with Crippen molar-refractivity contribution in [2.75, 3.05) is 11.9 Å². The summed E-state index contributed by atoms with van der Waals surface area (Å²) >= 11 is 13.4. The number of thiophene rings is 2. The fourth-order valence-electron chi connectivity index (χ4n) is 3.25. The third-order valence-electron chi connectivity index (χ3n) is 4.49. The molecule has 1 aliphatic heterocycles. The van der Waals surface area contributed by atoms with E-state index in [2.05, 4.69) is 50.7 Å². The highest BCUT2D eigenvalue weighted by Crippen LogP contribution is 2.45. The smallest absolute Gasteiger partial charge is 0.131 e. The molecule has 26 heavy (non-hydrogen) atoms. The predicted octanol–water partition coefficient (Wildman–Crippen LogP) is 5.81. The minimum atomic E-state index is -0.108. The topological polar surface area (TPSA) is 60.2 Å². The normalized spacial score (nSPS) is 23.5. The Kier molecular flexibility index (Phi) is 5.55. The van der Waals surface area contributed by atoms with E-state index in [9.17, 15) is 0 Å². The molecule has 3 N–H and O–H groups in total. The van der Waals surface area contributed by atoms with Crippen molar-refractivity contribution in [3.8, 4) is 0 Å². The summed E-state index contributed by atoms with van der Waals surface area (Å²) < 4.78 is 8.07. The number of fused-ring (bicyclic) bond motifs is 1. The number of rotatable bonds is 4. The third kappa shape index (κ3) is 3.66. The number of halogens is 2. The summed E-state index contributed by atoms with van der Waals surface area (Å²) in [7, 11) is 0. The Balaban J connectivity index is 1.70. The van der Waals surface area contributed by atoms with Crippen molar-refractivity contribution < 1.29 is 4.74 Å². The van der Waals surface area contributed by atoms with Crippen molar-refractivity contribution in [3.63, 3.8) is 0 Å². The summed E-state index contributed by atoms with van der Waals surface area (Å²) in [6.45, 7) is 3.66. The zero-order chi connectivity index (χ0) is 18.3. The van der Waals surface area contributed by atoms with Gasteiger partial charge in [-0.3, -0.25) is 0 Å². The van der Waals surface area contributed by atoms with Gasteiger partial charge in [-0.15, -0.1) is 22.7 Å². The number of nitrogens with one attached hydrogen (secondary N) is 1. The van der Waals surface area contributed by atoms with Crippen molar-refractivity contribution in [1.82, 2.24) is 4.98 Å². The van der Waals surface area contributed by atoms with Gasteiger partial charge in [0, 0.05) is 23.5 Å². The lowest BCUT2D eigenvalue weighted by Gasteiger charge is -2.32. The average Bonchev–Trinajstić information content (AvgIpc) is 3.22. The van der Waals surface area contributed by atoms with Crippen LogP contribution in [0.25, 0.3) is 10.2 Å². The minimum Gasteiger partial charge on any atom is -0.379 e. The number of nitrogens with zero attached hydrogens (tertiary/aromatic N) is 1. The van der Waals surface area contributed by atoms with Crippen molar-refractivity contribution in [3.05, 3.63) is 43.0 Å². The minimum absolute atomic E-state index is 0.0129. The molecule has 0 amide bonds. The first-order chi connectivity index (χ1) is 12.5. The van der Waals surface area contributed by atoms with Crippen LogP contribution >= 0.6 is 50.2 Å². The second kappa shape index (κ2) is 7.73. The van der Waals surface area contributed by atoms with Crippen LogP contribution < -0.4 is 11.1 Å². The van der Waals surface area contributed by atoms with Gasteiger partial charge in [-0.2, -0.15) is 0 Å². The van der Waals surface area contributed by atoms with Crippen LogP contribution in [0.3, 0.4) is 0 Å². The van der Waals surface area contributed by atoms with Crippen molar-refractivity contribution >= 4 is 66.1 Å². The molecule has 4 heterocycles. The van der Waals surface area contributed by atoms with Crippen LogP contribution in [-0.4, -0.2) is 17.6 Å². The Labute approximate surface area is 173 Å². The molecular formula is C18H19BrClN3OS2. The molecule has 8 heteroatoms. The van der Waals surface area contributed by atoms with Gasteiger partial charge in [-0.05, 0) is 39.7 Å². The van der Waals surface area contributed by atoms with E-state index in [0.29, 0.717) is 11.1 Å². The standard InChI is InChI=1S/C18H19BrClN3OS2/c1-9-5-11(21)16(24-8-9)18-14(19)15-17(26-18)12(6-13(20)23-15)22-7-10-3-2-4-25-10/h2-4,6,9,11,16H,5,7-8,21H2,1H3,(H,22,23)/t9-,11-,16-/m1/s1. The van der Waals surface area contributed by atoms with Crippen LogP contribution in [0.2, 0.25) is 5.15 Å². The summed E-state index contributed by atoms with van der Waals surface area (Å²) in [5, 5.41) is 6.05. The first-order valence-electron chi connectivity index (χ1n) is 8.44. The van der Waals surface area contributed by atoms with E-state index in [-0.39, 0.29) is 12.1 Å². The summed E-state index contributed by atoms with van der Waals surface area (Å²) in [5.41, 5.74) is 8.23. The largest absolute Gasteiger partial charge is 0.379 e. The summed E-state index contributed by atoms with van der Waals surface area (Å²) in [6, 6.07) is 6.04. The Hall–Kier alpha value is -0.700. The molecule has 0 spiro atoms. The molecule has 0 saturated carbocycles. The van der Waals surface area contributed by atoms with Crippen LogP contribution in [0.5, 0.6) is 0 Å². The van der Waals surface area contributed by atoms with Crippen LogP contribution in [0.4, 0.5) is 5.69 Å². The van der Waals surface area contributed by atoms with Gasteiger partial charge < -0.3 is 15.8 Å². The number of anilines is 1. The SMILES string of the molecule is C[C@H]1CO[C@@H](c2sc3c(NCc4cccs4)cc(Cl)nc3c2Br)[C@H](N)C1. The van der Waals surface area contributed by atoms with E-state index >= 15 is 0 Å². The van der Waals surface area contributed by atoms with Gasteiger partial charge in [0.2, 0.25) is 0 Å². The maximum Gasteiger partial charge on any atom is 0.131 e. The van der Waals surface area contributed by atoms with Gasteiger partial charge in [0.05, 0.1) is 31.9 Å². The Morgan fingerprint density at radius 2 is 2.35 bits per heavy atom. The molecule has 1 aliphatic rings. The van der Waals surface area contributed by atoms with Crippen molar-refractivity contribution in [1.29, 1.82) is 0 Å². The molecule has 1 fully saturated rings. The maximum absolute atomic E-state index is 6.38. The number of hydrogen-bond acceptors (Lipinski definition) is 6. The monoisotopic (exact) mass is 471 g/mol. The summed E-state index contributed by atoms with van der Waals surface area (Å²) in [6.07, 6.45) is 0.854. The molecule has 0 radical (unpaired) electrons. The average molecular weight is 473 g/mol. The van der Waals surface area contributed by atoms with Gasteiger partial charge in [0.1, 0.15) is 11.3 Å². The molecule has 0 bridgehead atoms. The molecule has 4 rings (SSSR count). The Morgan fingerprint density at radius 1 is 1.50 bits per heavy atom. The van der Waals surface area contributed by atoms with Crippen LogP contribution in [0.1, 0.15) is 29.2 Å². The lowest BCUT2D eigenvalue weighted by atomic mass is 9.95. The molecular weight excluding hydrogens is 454 g/mol. The predicted molar refractivity (Wildman–Crippen MR) is 114 cm³/mol.